The summed E-state index contributed by atoms with van der Waals surface area (Å²) in [5, 5.41) is 3.26. The van der Waals surface area contributed by atoms with Crippen LogP contribution in [0.2, 0.25) is 0 Å². The zero-order valence-electron chi connectivity index (χ0n) is 14.3. The number of halogens is 1. The van der Waals surface area contributed by atoms with E-state index in [1.807, 2.05) is 13.0 Å². The van der Waals surface area contributed by atoms with Crippen LogP contribution in [0.4, 0.5) is 15.8 Å². The molecule has 23 heavy (non-hydrogen) atoms. The van der Waals surface area contributed by atoms with Crippen LogP contribution in [-0.2, 0) is 4.79 Å². The van der Waals surface area contributed by atoms with E-state index >= 15 is 0 Å². The largest absolute Gasteiger partial charge is 0.367 e. The molecule has 1 heterocycles. The molecule has 0 atom stereocenters. The number of hydrogen-bond donors (Lipinski definition) is 1. The molecular formula is C18H28FN3O. The SMILES string of the molecule is CCCCCC(=O)N(CC)c1ccc(N2CCNCC2)c(F)c1. The lowest BCUT2D eigenvalue weighted by molar-refractivity contribution is -0.118. The Morgan fingerprint density at radius 1 is 1.26 bits per heavy atom. The van der Waals surface area contributed by atoms with E-state index in [0.717, 1.165) is 45.4 Å². The number of unbranched alkanes of at least 4 members (excludes halogenated alkanes) is 2. The van der Waals surface area contributed by atoms with Crippen LogP contribution in [0.5, 0.6) is 0 Å². The zero-order chi connectivity index (χ0) is 16.7. The van der Waals surface area contributed by atoms with Gasteiger partial charge in [-0.05, 0) is 31.5 Å². The van der Waals surface area contributed by atoms with Crippen LogP contribution < -0.4 is 15.1 Å². The summed E-state index contributed by atoms with van der Waals surface area (Å²) in [6.45, 7) is 7.98. The summed E-state index contributed by atoms with van der Waals surface area (Å²) in [6.07, 6.45) is 3.57. The van der Waals surface area contributed by atoms with Crippen LogP contribution in [0.15, 0.2) is 18.2 Å². The molecule has 128 valence electrons. The molecule has 0 unspecified atom stereocenters. The second-order valence-electron chi connectivity index (χ2n) is 5.97. The standard InChI is InChI=1S/C18H28FN3O/c1-3-5-6-7-18(23)22(4-2)15-8-9-17(16(19)14-15)21-12-10-20-11-13-21/h8-9,14,20H,3-7,10-13H2,1-2H3. The fourth-order valence-corrected chi connectivity index (χ4v) is 2.99. The molecule has 0 aromatic heterocycles. The topological polar surface area (TPSA) is 35.6 Å². The van der Waals surface area contributed by atoms with Crippen molar-refractivity contribution in [1.82, 2.24) is 5.32 Å². The van der Waals surface area contributed by atoms with Crippen LogP contribution in [0.3, 0.4) is 0 Å². The molecule has 1 aromatic rings. The Bertz CT molecular complexity index is 515. The van der Waals surface area contributed by atoms with Gasteiger partial charge in [-0.2, -0.15) is 0 Å². The summed E-state index contributed by atoms with van der Waals surface area (Å²) < 4.78 is 14.5. The molecular weight excluding hydrogens is 293 g/mol. The molecule has 1 saturated heterocycles. The maximum Gasteiger partial charge on any atom is 0.226 e. The van der Waals surface area contributed by atoms with Gasteiger partial charge in [0.05, 0.1) is 5.69 Å². The van der Waals surface area contributed by atoms with Crippen molar-refractivity contribution in [2.75, 3.05) is 42.5 Å². The Morgan fingerprint density at radius 2 is 2.00 bits per heavy atom. The van der Waals surface area contributed by atoms with E-state index in [9.17, 15) is 9.18 Å². The van der Waals surface area contributed by atoms with Gasteiger partial charge in [0.1, 0.15) is 5.82 Å². The van der Waals surface area contributed by atoms with Gasteiger partial charge in [-0.25, -0.2) is 4.39 Å². The molecule has 1 amide bonds. The second-order valence-corrected chi connectivity index (χ2v) is 5.97. The molecule has 0 spiro atoms. The molecule has 0 saturated carbocycles. The van der Waals surface area contributed by atoms with Crippen LogP contribution in [0.1, 0.15) is 39.5 Å². The molecule has 1 N–H and O–H groups in total. The number of carbonyl (C=O) groups excluding carboxylic acids is 1. The first-order chi connectivity index (χ1) is 11.2. The molecule has 1 aromatic carbocycles. The quantitative estimate of drug-likeness (QED) is 0.784. The van der Waals surface area contributed by atoms with Crippen molar-refractivity contribution in [2.24, 2.45) is 0 Å². The van der Waals surface area contributed by atoms with Gasteiger partial charge < -0.3 is 15.1 Å². The van der Waals surface area contributed by atoms with Crippen molar-refractivity contribution in [3.8, 4) is 0 Å². The van der Waals surface area contributed by atoms with E-state index in [1.54, 1.807) is 11.0 Å². The number of carbonyl (C=O) groups is 1. The van der Waals surface area contributed by atoms with E-state index in [2.05, 4.69) is 17.1 Å². The van der Waals surface area contributed by atoms with Crippen molar-refractivity contribution in [3.63, 3.8) is 0 Å². The van der Waals surface area contributed by atoms with Crippen molar-refractivity contribution in [3.05, 3.63) is 24.0 Å². The molecule has 0 radical (unpaired) electrons. The van der Waals surface area contributed by atoms with Crippen LogP contribution in [0.25, 0.3) is 0 Å². The lowest BCUT2D eigenvalue weighted by atomic mass is 10.1. The minimum absolute atomic E-state index is 0.0790. The van der Waals surface area contributed by atoms with Gasteiger partial charge in [0.15, 0.2) is 0 Å². The molecule has 0 bridgehead atoms. The highest BCUT2D eigenvalue weighted by Gasteiger charge is 2.18. The van der Waals surface area contributed by atoms with Gasteiger partial charge in [0.25, 0.3) is 0 Å². The van der Waals surface area contributed by atoms with E-state index in [-0.39, 0.29) is 11.7 Å². The average Bonchev–Trinajstić information content (AvgIpc) is 2.57. The molecule has 4 nitrogen and oxygen atoms in total. The maximum atomic E-state index is 14.5. The number of rotatable bonds is 7. The Kier molecular flexibility index (Phi) is 6.84. The van der Waals surface area contributed by atoms with Gasteiger partial charge in [-0.1, -0.05) is 19.8 Å². The number of nitrogens with one attached hydrogen (secondary N) is 1. The molecule has 1 fully saturated rings. The predicted molar refractivity (Wildman–Crippen MR) is 93.7 cm³/mol. The van der Waals surface area contributed by atoms with Crippen LogP contribution in [-0.4, -0.2) is 38.6 Å². The van der Waals surface area contributed by atoms with E-state index in [1.165, 1.54) is 6.07 Å². The monoisotopic (exact) mass is 321 g/mol. The van der Waals surface area contributed by atoms with Gasteiger partial charge in [0, 0.05) is 44.8 Å². The first-order valence-corrected chi connectivity index (χ1v) is 8.73. The third-order valence-electron chi connectivity index (χ3n) is 4.31. The summed E-state index contributed by atoms with van der Waals surface area (Å²) in [4.78, 5) is 16.1. The van der Waals surface area contributed by atoms with Crippen molar-refractivity contribution in [2.45, 2.75) is 39.5 Å². The summed E-state index contributed by atoms with van der Waals surface area (Å²) in [5.74, 6) is -0.167. The van der Waals surface area contributed by atoms with Gasteiger partial charge in [-0.15, -0.1) is 0 Å². The Hall–Kier alpha value is -1.62. The fraction of sp³-hybridized carbons (Fsp3) is 0.611. The van der Waals surface area contributed by atoms with E-state index < -0.39 is 0 Å². The first kappa shape index (κ1) is 17.7. The first-order valence-electron chi connectivity index (χ1n) is 8.73. The molecule has 1 aliphatic heterocycles. The van der Waals surface area contributed by atoms with Crippen molar-refractivity contribution in [1.29, 1.82) is 0 Å². The van der Waals surface area contributed by atoms with E-state index in [0.29, 0.717) is 24.3 Å². The maximum absolute atomic E-state index is 14.5. The Labute approximate surface area is 138 Å². The summed E-state index contributed by atoms with van der Waals surface area (Å²) in [6, 6.07) is 5.16. The third kappa shape index (κ3) is 4.67. The minimum atomic E-state index is -0.246. The lowest BCUT2D eigenvalue weighted by Crippen LogP contribution is -2.43. The van der Waals surface area contributed by atoms with Crippen LogP contribution in [0, 0.1) is 5.82 Å². The minimum Gasteiger partial charge on any atom is -0.367 e. The number of nitrogens with zero attached hydrogens (tertiary/aromatic N) is 2. The Morgan fingerprint density at radius 3 is 2.61 bits per heavy atom. The van der Waals surface area contributed by atoms with Gasteiger partial charge >= 0.3 is 0 Å². The van der Waals surface area contributed by atoms with Gasteiger partial charge in [0.2, 0.25) is 5.91 Å². The molecule has 5 heteroatoms. The molecule has 1 aliphatic rings. The normalized spacial score (nSPS) is 14.8. The molecule has 0 aliphatic carbocycles. The van der Waals surface area contributed by atoms with E-state index in [4.69, 9.17) is 0 Å². The zero-order valence-corrected chi connectivity index (χ0v) is 14.3. The van der Waals surface area contributed by atoms with Gasteiger partial charge in [-0.3, -0.25) is 4.79 Å². The number of anilines is 2. The highest BCUT2D eigenvalue weighted by molar-refractivity contribution is 5.93. The number of hydrogen-bond acceptors (Lipinski definition) is 3. The number of amides is 1. The third-order valence-corrected chi connectivity index (χ3v) is 4.31. The van der Waals surface area contributed by atoms with Crippen LogP contribution >= 0.6 is 0 Å². The lowest BCUT2D eigenvalue weighted by Gasteiger charge is -2.30. The summed E-state index contributed by atoms with van der Waals surface area (Å²) in [7, 11) is 0. The molecule has 2 rings (SSSR count). The Balaban J connectivity index is 2.08. The fourth-order valence-electron chi connectivity index (χ4n) is 2.99. The number of piperazine rings is 1. The summed E-state index contributed by atoms with van der Waals surface area (Å²) in [5.41, 5.74) is 1.29. The van der Waals surface area contributed by atoms with Crippen molar-refractivity contribution >= 4 is 17.3 Å². The average molecular weight is 321 g/mol. The van der Waals surface area contributed by atoms with Crippen molar-refractivity contribution < 1.29 is 9.18 Å². The number of benzene rings is 1. The highest BCUT2D eigenvalue weighted by Crippen LogP contribution is 2.26. The smallest absolute Gasteiger partial charge is 0.226 e. The highest BCUT2D eigenvalue weighted by atomic mass is 19.1. The summed E-state index contributed by atoms with van der Waals surface area (Å²) >= 11 is 0. The second kappa shape index (κ2) is 8.87. The predicted octanol–water partition coefficient (Wildman–Crippen LogP) is 3.17.